The standard InChI is InChI=1S/C15H22BrN/c1-11-6-7-17(13(3)8-11)15-5-4-14(10-16)12(2)9-15/h4-5,9,11,13H,6-8,10H2,1-3H3. The zero-order valence-electron chi connectivity index (χ0n) is 11.0. The van der Waals surface area contributed by atoms with E-state index in [1.807, 2.05) is 0 Å². The van der Waals surface area contributed by atoms with Crippen LogP contribution in [0.2, 0.25) is 0 Å². The average molecular weight is 296 g/mol. The van der Waals surface area contributed by atoms with Gasteiger partial charge in [-0.3, -0.25) is 0 Å². The Hall–Kier alpha value is -0.500. The maximum absolute atomic E-state index is 3.54. The van der Waals surface area contributed by atoms with Crippen molar-refractivity contribution in [3.8, 4) is 0 Å². The maximum atomic E-state index is 3.54. The van der Waals surface area contributed by atoms with Gasteiger partial charge in [-0.05, 0) is 55.9 Å². The van der Waals surface area contributed by atoms with Crippen molar-refractivity contribution >= 4 is 21.6 Å². The highest BCUT2D eigenvalue weighted by atomic mass is 79.9. The number of hydrogen-bond acceptors (Lipinski definition) is 1. The lowest BCUT2D eigenvalue weighted by atomic mass is 9.92. The molecule has 0 N–H and O–H groups in total. The highest BCUT2D eigenvalue weighted by molar-refractivity contribution is 9.08. The van der Waals surface area contributed by atoms with Crippen LogP contribution in [0.15, 0.2) is 18.2 Å². The molecule has 2 unspecified atom stereocenters. The van der Waals surface area contributed by atoms with E-state index in [2.05, 4.69) is 59.8 Å². The fourth-order valence-electron chi connectivity index (χ4n) is 2.80. The lowest BCUT2D eigenvalue weighted by molar-refractivity contribution is 0.378. The van der Waals surface area contributed by atoms with Gasteiger partial charge < -0.3 is 4.90 Å². The summed E-state index contributed by atoms with van der Waals surface area (Å²) in [5, 5.41) is 0.950. The van der Waals surface area contributed by atoms with Crippen LogP contribution < -0.4 is 4.90 Å². The number of halogens is 1. The second-order valence-electron chi connectivity index (χ2n) is 5.42. The summed E-state index contributed by atoms with van der Waals surface area (Å²) in [6.07, 6.45) is 2.64. The van der Waals surface area contributed by atoms with Gasteiger partial charge in [-0.15, -0.1) is 0 Å². The Morgan fingerprint density at radius 2 is 2.12 bits per heavy atom. The molecule has 1 aliphatic heterocycles. The molecule has 1 aromatic rings. The monoisotopic (exact) mass is 295 g/mol. The molecule has 0 spiro atoms. The third-order valence-electron chi connectivity index (χ3n) is 3.94. The molecular weight excluding hydrogens is 274 g/mol. The van der Waals surface area contributed by atoms with Crippen molar-refractivity contribution in [1.82, 2.24) is 0 Å². The van der Waals surface area contributed by atoms with Gasteiger partial charge in [-0.1, -0.05) is 28.9 Å². The Labute approximate surface area is 113 Å². The molecule has 1 saturated heterocycles. The van der Waals surface area contributed by atoms with Crippen molar-refractivity contribution in [2.75, 3.05) is 11.4 Å². The summed E-state index contributed by atoms with van der Waals surface area (Å²) < 4.78 is 0. The van der Waals surface area contributed by atoms with Crippen LogP contribution in [0.25, 0.3) is 0 Å². The van der Waals surface area contributed by atoms with Gasteiger partial charge in [0.2, 0.25) is 0 Å². The van der Waals surface area contributed by atoms with Crippen LogP contribution in [-0.2, 0) is 5.33 Å². The predicted octanol–water partition coefficient (Wildman–Crippen LogP) is 4.51. The van der Waals surface area contributed by atoms with E-state index in [1.54, 1.807) is 0 Å². The molecule has 17 heavy (non-hydrogen) atoms. The van der Waals surface area contributed by atoms with Crippen LogP contribution in [0.1, 0.15) is 37.8 Å². The van der Waals surface area contributed by atoms with Crippen LogP contribution in [0.4, 0.5) is 5.69 Å². The van der Waals surface area contributed by atoms with Gasteiger partial charge in [0.05, 0.1) is 0 Å². The summed E-state index contributed by atoms with van der Waals surface area (Å²) >= 11 is 3.54. The Kier molecular flexibility index (Phi) is 4.13. The van der Waals surface area contributed by atoms with Crippen LogP contribution in [0.5, 0.6) is 0 Å². The number of hydrogen-bond donors (Lipinski definition) is 0. The lowest BCUT2D eigenvalue weighted by Crippen LogP contribution is -2.40. The first kappa shape index (κ1) is 12.9. The molecule has 0 bridgehead atoms. The number of nitrogens with zero attached hydrogens (tertiary/aromatic N) is 1. The van der Waals surface area contributed by atoms with E-state index in [4.69, 9.17) is 0 Å². The molecule has 1 heterocycles. The number of aryl methyl sites for hydroxylation is 1. The third-order valence-corrected chi connectivity index (χ3v) is 4.54. The Bertz CT molecular complexity index is 389. The van der Waals surface area contributed by atoms with Crippen LogP contribution in [0, 0.1) is 12.8 Å². The fraction of sp³-hybridized carbons (Fsp3) is 0.600. The summed E-state index contributed by atoms with van der Waals surface area (Å²) in [6.45, 7) is 8.13. The van der Waals surface area contributed by atoms with Gasteiger partial charge in [0.25, 0.3) is 0 Å². The van der Waals surface area contributed by atoms with Gasteiger partial charge in [0.15, 0.2) is 0 Å². The van der Waals surface area contributed by atoms with Gasteiger partial charge in [0.1, 0.15) is 0 Å². The summed E-state index contributed by atoms with van der Waals surface area (Å²) in [6, 6.07) is 7.54. The molecule has 0 aliphatic carbocycles. The van der Waals surface area contributed by atoms with Gasteiger partial charge in [-0.2, -0.15) is 0 Å². The molecular formula is C15H22BrN. The van der Waals surface area contributed by atoms with Crippen molar-refractivity contribution in [1.29, 1.82) is 0 Å². The molecule has 0 amide bonds. The number of rotatable bonds is 2. The molecule has 0 saturated carbocycles. The zero-order chi connectivity index (χ0) is 12.4. The minimum absolute atomic E-state index is 0.674. The van der Waals surface area contributed by atoms with E-state index in [1.165, 1.54) is 36.2 Å². The van der Waals surface area contributed by atoms with E-state index >= 15 is 0 Å². The quantitative estimate of drug-likeness (QED) is 0.726. The van der Waals surface area contributed by atoms with Crippen molar-refractivity contribution in [2.45, 2.75) is 45.0 Å². The topological polar surface area (TPSA) is 3.24 Å². The van der Waals surface area contributed by atoms with Gasteiger partial charge in [-0.25, -0.2) is 0 Å². The summed E-state index contributed by atoms with van der Waals surface area (Å²) in [5.41, 5.74) is 4.18. The van der Waals surface area contributed by atoms with E-state index in [0.717, 1.165) is 11.2 Å². The summed E-state index contributed by atoms with van der Waals surface area (Å²) in [7, 11) is 0. The minimum atomic E-state index is 0.674. The van der Waals surface area contributed by atoms with Crippen LogP contribution in [0.3, 0.4) is 0 Å². The number of piperidine rings is 1. The summed E-state index contributed by atoms with van der Waals surface area (Å²) in [4.78, 5) is 2.56. The van der Waals surface area contributed by atoms with E-state index in [9.17, 15) is 0 Å². The first-order chi connectivity index (χ1) is 8.11. The smallest absolute Gasteiger partial charge is 0.0371 e. The van der Waals surface area contributed by atoms with Crippen LogP contribution >= 0.6 is 15.9 Å². The fourth-order valence-corrected chi connectivity index (χ4v) is 3.43. The Morgan fingerprint density at radius 1 is 1.35 bits per heavy atom. The molecule has 1 nitrogen and oxygen atoms in total. The largest absolute Gasteiger partial charge is 0.369 e. The first-order valence-corrected chi connectivity index (χ1v) is 7.66. The normalized spacial score (nSPS) is 25.1. The Morgan fingerprint density at radius 3 is 2.71 bits per heavy atom. The van der Waals surface area contributed by atoms with E-state index < -0.39 is 0 Å². The van der Waals surface area contributed by atoms with Gasteiger partial charge >= 0.3 is 0 Å². The second kappa shape index (κ2) is 5.43. The number of anilines is 1. The molecule has 1 aromatic carbocycles. The van der Waals surface area contributed by atoms with Crippen molar-refractivity contribution in [3.05, 3.63) is 29.3 Å². The Balaban J connectivity index is 2.19. The number of benzene rings is 1. The first-order valence-electron chi connectivity index (χ1n) is 6.54. The summed E-state index contributed by atoms with van der Waals surface area (Å²) in [5.74, 6) is 0.879. The predicted molar refractivity (Wildman–Crippen MR) is 79.0 cm³/mol. The molecule has 1 aliphatic rings. The molecule has 94 valence electrons. The number of alkyl halides is 1. The minimum Gasteiger partial charge on any atom is -0.369 e. The van der Waals surface area contributed by atoms with Crippen molar-refractivity contribution in [3.63, 3.8) is 0 Å². The van der Waals surface area contributed by atoms with Gasteiger partial charge in [0, 0.05) is 23.6 Å². The molecule has 2 rings (SSSR count). The second-order valence-corrected chi connectivity index (χ2v) is 5.98. The molecule has 0 aromatic heterocycles. The SMILES string of the molecule is Cc1cc(N2CCC(C)CC2C)ccc1CBr. The zero-order valence-corrected chi connectivity index (χ0v) is 12.6. The molecule has 2 atom stereocenters. The molecule has 0 radical (unpaired) electrons. The lowest BCUT2D eigenvalue weighted by Gasteiger charge is -2.38. The van der Waals surface area contributed by atoms with E-state index in [0.29, 0.717) is 6.04 Å². The highest BCUT2D eigenvalue weighted by Gasteiger charge is 2.23. The third kappa shape index (κ3) is 2.85. The van der Waals surface area contributed by atoms with E-state index in [-0.39, 0.29) is 0 Å². The van der Waals surface area contributed by atoms with Crippen LogP contribution in [-0.4, -0.2) is 12.6 Å². The maximum Gasteiger partial charge on any atom is 0.0371 e. The van der Waals surface area contributed by atoms with Crippen molar-refractivity contribution < 1.29 is 0 Å². The van der Waals surface area contributed by atoms with Crippen molar-refractivity contribution in [2.24, 2.45) is 5.92 Å². The highest BCUT2D eigenvalue weighted by Crippen LogP contribution is 2.29. The molecule has 1 fully saturated rings. The molecule has 2 heteroatoms. The average Bonchev–Trinajstić information content (AvgIpc) is 2.29.